The lowest BCUT2D eigenvalue weighted by Gasteiger charge is -2.38. The molecular weight excluding hydrogens is 222 g/mol. The van der Waals surface area contributed by atoms with Crippen LogP contribution in [0.2, 0.25) is 0 Å². The Morgan fingerprint density at radius 2 is 1.94 bits per heavy atom. The zero-order valence-corrected chi connectivity index (χ0v) is 9.91. The Morgan fingerprint density at radius 3 is 2.47 bits per heavy atom. The second-order valence-corrected chi connectivity index (χ2v) is 4.97. The maximum absolute atomic E-state index is 12.3. The number of piperazine rings is 1. The molecule has 0 aromatic rings. The Kier molecular flexibility index (Phi) is 3.15. The highest BCUT2D eigenvalue weighted by molar-refractivity contribution is 6.03. The second-order valence-electron chi connectivity index (χ2n) is 4.97. The lowest BCUT2D eigenvalue weighted by atomic mass is 9.81. The zero-order valence-electron chi connectivity index (χ0n) is 9.91. The Hall–Kier alpha value is -1.43. The van der Waals surface area contributed by atoms with E-state index in [-0.39, 0.29) is 19.0 Å². The topological polar surface area (TPSA) is 78.5 Å². The molecule has 1 unspecified atom stereocenters. The molecule has 2 aliphatic rings. The average molecular weight is 239 g/mol. The normalized spacial score (nSPS) is 30.1. The molecule has 0 radical (unpaired) electrons. The number of amides is 3. The molecule has 2 fully saturated rings. The first-order valence-electron chi connectivity index (χ1n) is 5.84. The Labute approximate surface area is 99.7 Å². The van der Waals surface area contributed by atoms with E-state index >= 15 is 0 Å². The monoisotopic (exact) mass is 239 g/mol. The summed E-state index contributed by atoms with van der Waals surface area (Å²) in [6.45, 7) is 3.39. The van der Waals surface area contributed by atoms with Gasteiger partial charge in [-0.25, -0.2) is 0 Å². The molecule has 0 aromatic carbocycles. The van der Waals surface area contributed by atoms with Crippen LogP contribution in [0.4, 0.5) is 0 Å². The van der Waals surface area contributed by atoms with E-state index in [0.29, 0.717) is 6.54 Å². The predicted octanol–water partition coefficient (Wildman–Crippen LogP) is -1.14. The molecule has 6 heteroatoms. The van der Waals surface area contributed by atoms with E-state index in [1.807, 2.05) is 6.92 Å². The first-order valence-corrected chi connectivity index (χ1v) is 5.84. The summed E-state index contributed by atoms with van der Waals surface area (Å²) in [6.07, 6.45) is 1.74. The van der Waals surface area contributed by atoms with Crippen LogP contribution < -0.4 is 10.6 Å². The highest BCUT2D eigenvalue weighted by atomic mass is 16.2. The molecule has 0 aliphatic carbocycles. The van der Waals surface area contributed by atoms with Crippen LogP contribution in [0.15, 0.2) is 0 Å². The number of hydrogen-bond donors (Lipinski definition) is 2. The van der Waals surface area contributed by atoms with E-state index in [4.69, 9.17) is 0 Å². The minimum atomic E-state index is -0.490. The smallest absolute Gasteiger partial charge is 0.246 e. The number of nitrogens with one attached hydrogen (secondary N) is 2. The summed E-state index contributed by atoms with van der Waals surface area (Å²) in [5, 5.41) is 5.38. The number of nitrogens with zero attached hydrogens (tertiary/aromatic N) is 1. The van der Waals surface area contributed by atoms with Crippen molar-refractivity contribution in [2.24, 2.45) is 5.41 Å². The van der Waals surface area contributed by atoms with Crippen LogP contribution in [0.1, 0.15) is 19.8 Å². The first kappa shape index (κ1) is 12.0. The summed E-state index contributed by atoms with van der Waals surface area (Å²) < 4.78 is 0. The number of piperidine rings is 1. The van der Waals surface area contributed by atoms with Crippen LogP contribution >= 0.6 is 0 Å². The molecule has 2 rings (SSSR count). The van der Waals surface area contributed by atoms with Crippen molar-refractivity contribution in [1.29, 1.82) is 0 Å². The van der Waals surface area contributed by atoms with Gasteiger partial charge in [-0.3, -0.25) is 19.7 Å². The van der Waals surface area contributed by atoms with Gasteiger partial charge in [0, 0.05) is 6.54 Å². The fraction of sp³-hybridized carbons (Fsp3) is 0.727. The molecule has 3 amide bonds. The summed E-state index contributed by atoms with van der Waals surface area (Å²) in [7, 11) is 0. The van der Waals surface area contributed by atoms with Gasteiger partial charge in [-0.1, -0.05) is 0 Å². The van der Waals surface area contributed by atoms with E-state index < -0.39 is 17.2 Å². The molecular formula is C11H17N3O3. The van der Waals surface area contributed by atoms with Crippen molar-refractivity contribution in [3.63, 3.8) is 0 Å². The van der Waals surface area contributed by atoms with Gasteiger partial charge in [0.15, 0.2) is 0 Å². The van der Waals surface area contributed by atoms with Crippen molar-refractivity contribution in [2.75, 3.05) is 26.2 Å². The summed E-state index contributed by atoms with van der Waals surface area (Å²) in [6, 6.07) is 0. The third-order valence-corrected chi connectivity index (χ3v) is 3.35. The van der Waals surface area contributed by atoms with Gasteiger partial charge in [0.2, 0.25) is 17.7 Å². The van der Waals surface area contributed by atoms with Crippen LogP contribution in [0.3, 0.4) is 0 Å². The van der Waals surface area contributed by atoms with E-state index in [0.717, 1.165) is 19.4 Å². The van der Waals surface area contributed by atoms with Crippen LogP contribution in [0, 0.1) is 5.41 Å². The van der Waals surface area contributed by atoms with Crippen molar-refractivity contribution < 1.29 is 14.4 Å². The Bertz CT molecular complexity index is 345. The molecule has 2 saturated heterocycles. The lowest BCUT2D eigenvalue weighted by molar-refractivity contribution is -0.151. The van der Waals surface area contributed by atoms with Gasteiger partial charge in [-0.2, -0.15) is 0 Å². The van der Waals surface area contributed by atoms with Gasteiger partial charge in [0.25, 0.3) is 0 Å². The third-order valence-electron chi connectivity index (χ3n) is 3.35. The molecule has 2 N–H and O–H groups in total. The quantitative estimate of drug-likeness (QED) is 0.567. The van der Waals surface area contributed by atoms with E-state index in [1.54, 1.807) is 0 Å². The molecule has 2 aliphatic heterocycles. The molecule has 6 nitrogen and oxygen atoms in total. The van der Waals surface area contributed by atoms with Crippen molar-refractivity contribution in [2.45, 2.75) is 19.8 Å². The number of imide groups is 1. The van der Waals surface area contributed by atoms with Gasteiger partial charge in [-0.15, -0.1) is 0 Å². The molecule has 0 spiro atoms. The third kappa shape index (κ3) is 2.46. The summed E-state index contributed by atoms with van der Waals surface area (Å²) in [5.41, 5.74) is -0.490. The molecule has 17 heavy (non-hydrogen) atoms. The molecule has 0 saturated carbocycles. The maximum Gasteiger partial charge on any atom is 0.246 e. The second kappa shape index (κ2) is 4.44. The van der Waals surface area contributed by atoms with Crippen LogP contribution in [0.5, 0.6) is 0 Å². The van der Waals surface area contributed by atoms with Gasteiger partial charge in [0.05, 0.1) is 5.41 Å². The molecule has 1 atom stereocenters. The fourth-order valence-corrected chi connectivity index (χ4v) is 2.40. The number of hydrogen-bond acceptors (Lipinski definition) is 4. The SMILES string of the molecule is CC1(C(=O)N2CC(=O)NC(=O)C2)CCCNC1. The fourth-order valence-electron chi connectivity index (χ4n) is 2.40. The minimum absolute atomic E-state index is 0.0137. The van der Waals surface area contributed by atoms with E-state index in [1.165, 1.54) is 4.90 Å². The van der Waals surface area contributed by atoms with E-state index in [9.17, 15) is 14.4 Å². The maximum atomic E-state index is 12.3. The van der Waals surface area contributed by atoms with Crippen molar-refractivity contribution in [3.8, 4) is 0 Å². The summed E-state index contributed by atoms with van der Waals surface area (Å²) in [4.78, 5) is 36.1. The van der Waals surface area contributed by atoms with Crippen LogP contribution in [-0.4, -0.2) is 48.8 Å². The number of carbonyl (C=O) groups is 3. The Balaban J connectivity index is 2.08. The molecule has 94 valence electrons. The van der Waals surface area contributed by atoms with Gasteiger partial charge in [-0.05, 0) is 26.3 Å². The van der Waals surface area contributed by atoms with Gasteiger partial charge < -0.3 is 10.2 Å². The summed E-state index contributed by atoms with van der Waals surface area (Å²) >= 11 is 0. The molecule has 0 bridgehead atoms. The Morgan fingerprint density at radius 1 is 1.29 bits per heavy atom. The first-order chi connectivity index (χ1) is 8.01. The van der Waals surface area contributed by atoms with E-state index in [2.05, 4.69) is 10.6 Å². The predicted molar refractivity (Wildman–Crippen MR) is 59.9 cm³/mol. The minimum Gasteiger partial charge on any atom is -0.324 e. The lowest BCUT2D eigenvalue weighted by Crippen LogP contribution is -2.58. The standard InChI is InChI=1S/C11H17N3O3/c1-11(3-2-4-12-7-11)10(17)14-5-8(15)13-9(16)6-14/h12H,2-7H2,1H3,(H,13,15,16). The van der Waals surface area contributed by atoms with Gasteiger partial charge >= 0.3 is 0 Å². The largest absolute Gasteiger partial charge is 0.324 e. The molecule has 0 aromatic heterocycles. The van der Waals surface area contributed by atoms with Gasteiger partial charge in [0.1, 0.15) is 13.1 Å². The van der Waals surface area contributed by atoms with Crippen LogP contribution in [-0.2, 0) is 14.4 Å². The number of carbonyl (C=O) groups excluding carboxylic acids is 3. The highest BCUT2D eigenvalue weighted by Gasteiger charge is 2.40. The van der Waals surface area contributed by atoms with Crippen molar-refractivity contribution >= 4 is 17.7 Å². The van der Waals surface area contributed by atoms with Crippen molar-refractivity contribution in [1.82, 2.24) is 15.5 Å². The average Bonchev–Trinajstić information content (AvgIpc) is 2.27. The zero-order chi connectivity index (χ0) is 12.5. The highest BCUT2D eigenvalue weighted by Crippen LogP contribution is 2.28. The van der Waals surface area contributed by atoms with Crippen LogP contribution in [0.25, 0.3) is 0 Å². The molecule has 2 heterocycles. The summed E-state index contributed by atoms with van der Waals surface area (Å²) in [5.74, 6) is -0.906. The number of rotatable bonds is 1. The van der Waals surface area contributed by atoms with Crippen molar-refractivity contribution in [3.05, 3.63) is 0 Å².